The van der Waals surface area contributed by atoms with Crippen LogP contribution in [0.2, 0.25) is 0 Å². The number of carbonyl (C=O) groups is 1. The van der Waals surface area contributed by atoms with Crippen LogP contribution in [0.3, 0.4) is 0 Å². The lowest BCUT2D eigenvalue weighted by atomic mass is 9.99. The van der Waals surface area contributed by atoms with E-state index in [1.165, 1.54) is 41.5 Å². The van der Waals surface area contributed by atoms with Crippen LogP contribution < -0.4 is 5.32 Å². The van der Waals surface area contributed by atoms with Gasteiger partial charge in [-0.25, -0.2) is 9.78 Å². The summed E-state index contributed by atoms with van der Waals surface area (Å²) >= 11 is 3.45. The molecule has 4 nitrogen and oxygen atoms in total. The number of hydrogen-bond donors (Lipinski definition) is 1. The van der Waals surface area contributed by atoms with E-state index in [0.717, 1.165) is 52.2 Å². The van der Waals surface area contributed by atoms with Crippen molar-refractivity contribution in [3.63, 3.8) is 0 Å². The molecule has 0 atom stereocenters. The molecule has 1 aromatic carbocycles. The second-order valence-electron chi connectivity index (χ2n) is 8.95. The number of benzene rings is 1. The summed E-state index contributed by atoms with van der Waals surface area (Å²) in [6, 6.07) is 6.49. The number of aryl methyl sites for hydroxylation is 4. The number of hydrogen-bond acceptors (Lipinski definition) is 4. The van der Waals surface area contributed by atoms with Crippen molar-refractivity contribution in [1.82, 2.24) is 9.88 Å². The van der Waals surface area contributed by atoms with Crippen LogP contribution in [-0.4, -0.2) is 34.0 Å². The van der Waals surface area contributed by atoms with Gasteiger partial charge in [0.15, 0.2) is 0 Å². The molecule has 1 heterocycles. The molecular weight excluding hydrogens is 458 g/mol. The molecule has 6 heteroatoms. The molecule has 1 N–H and O–H groups in total. The molecule has 0 spiro atoms. The van der Waals surface area contributed by atoms with E-state index in [1.807, 2.05) is 11.8 Å². The quantitative estimate of drug-likeness (QED) is 0.221. The summed E-state index contributed by atoms with van der Waals surface area (Å²) in [7, 11) is 0. The van der Waals surface area contributed by atoms with Gasteiger partial charge >= 0.3 is 6.03 Å². The second-order valence-corrected chi connectivity index (χ2v) is 11.5. The Morgan fingerprint density at radius 1 is 0.912 bits per heavy atom. The molecule has 0 aliphatic carbocycles. The monoisotopic (exact) mass is 501 g/mol. The Morgan fingerprint density at radius 3 is 2.18 bits per heavy atom. The van der Waals surface area contributed by atoms with Crippen molar-refractivity contribution < 1.29 is 4.79 Å². The fourth-order valence-corrected chi connectivity index (χ4v) is 5.94. The Morgan fingerprint density at radius 2 is 1.56 bits per heavy atom. The van der Waals surface area contributed by atoms with Crippen molar-refractivity contribution in [1.29, 1.82) is 0 Å². The lowest BCUT2D eigenvalue weighted by molar-refractivity contribution is 0.207. The van der Waals surface area contributed by atoms with Crippen LogP contribution in [0.4, 0.5) is 10.5 Å². The van der Waals surface area contributed by atoms with E-state index in [2.05, 4.69) is 65.1 Å². The van der Waals surface area contributed by atoms with Gasteiger partial charge in [-0.3, -0.25) is 0 Å². The Bertz CT molecular complexity index is 895. The summed E-state index contributed by atoms with van der Waals surface area (Å²) in [4.78, 5) is 21.5. The first-order chi connectivity index (χ1) is 16.3. The molecule has 2 rings (SSSR count). The highest BCUT2D eigenvalue weighted by Crippen LogP contribution is 2.36. The zero-order valence-corrected chi connectivity index (χ0v) is 23.8. The Labute approximate surface area is 216 Å². The Hall–Kier alpha value is -1.66. The van der Waals surface area contributed by atoms with Crippen LogP contribution in [0.1, 0.15) is 80.8 Å². The highest BCUT2D eigenvalue weighted by molar-refractivity contribution is 8.00. The lowest BCUT2D eigenvalue weighted by Crippen LogP contribution is -2.36. The molecule has 0 aliphatic heterocycles. The fraction of sp³-hybridized carbons (Fsp3) is 0.571. The average molecular weight is 502 g/mol. The molecule has 0 fully saturated rings. The summed E-state index contributed by atoms with van der Waals surface area (Å²) in [5.74, 6) is 1.86. The van der Waals surface area contributed by atoms with Crippen LogP contribution in [0, 0.1) is 27.7 Å². The summed E-state index contributed by atoms with van der Waals surface area (Å²) < 4.78 is 0. The summed E-state index contributed by atoms with van der Waals surface area (Å²) in [6.45, 7) is 16.4. The maximum Gasteiger partial charge on any atom is 0.322 e. The normalized spacial score (nSPS) is 11.0. The van der Waals surface area contributed by atoms with Crippen LogP contribution in [0.5, 0.6) is 0 Å². The number of amides is 2. The number of aromatic nitrogens is 1. The van der Waals surface area contributed by atoms with Gasteiger partial charge in [-0.05, 0) is 68.4 Å². The second kappa shape index (κ2) is 14.7. The van der Waals surface area contributed by atoms with E-state index in [9.17, 15) is 4.79 Å². The van der Waals surface area contributed by atoms with Crippen molar-refractivity contribution >= 4 is 35.2 Å². The number of urea groups is 1. The van der Waals surface area contributed by atoms with Crippen LogP contribution >= 0.6 is 23.5 Å². The minimum absolute atomic E-state index is 0.0311. The number of nitrogens with one attached hydrogen (secondary N) is 1. The maximum absolute atomic E-state index is 13.7. The van der Waals surface area contributed by atoms with Gasteiger partial charge in [0.05, 0.1) is 5.69 Å². The Kier molecular flexibility index (Phi) is 12.3. The molecule has 0 aliphatic rings. The zero-order chi connectivity index (χ0) is 25.1. The van der Waals surface area contributed by atoms with E-state index in [1.54, 1.807) is 23.5 Å². The maximum atomic E-state index is 13.7. The minimum Gasteiger partial charge on any atom is -0.320 e. The number of pyridine rings is 1. The van der Waals surface area contributed by atoms with Gasteiger partial charge in [0.1, 0.15) is 5.03 Å². The Balaban J connectivity index is 2.32. The van der Waals surface area contributed by atoms with Crippen molar-refractivity contribution in [3.8, 4) is 0 Å². The fourth-order valence-electron chi connectivity index (χ4n) is 4.24. The third-order valence-corrected chi connectivity index (χ3v) is 7.68. The predicted molar refractivity (Wildman–Crippen MR) is 151 cm³/mol. The standard InChI is InChI=1S/C28H43N3OS2/c1-8-11-12-13-14-15-31(19-24-21(5)16-20(4)17-22(24)6)28(32)30-26-25(33-9-2)18-23(7)29-27(26)34-10-3/h16-18H,8-15,19H2,1-7H3,(H,30,32). The third kappa shape index (κ3) is 8.53. The van der Waals surface area contributed by atoms with E-state index < -0.39 is 0 Å². The van der Waals surface area contributed by atoms with Gasteiger partial charge in [-0.15, -0.1) is 23.5 Å². The highest BCUT2D eigenvalue weighted by atomic mass is 32.2. The molecule has 0 bridgehead atoms. The van der Waals surface area contributed by atoms with E-state index in [-0.39, 0.29) is 6.03 Å². The molecule has 0 radical (unpaired) electrons. The zero-order valence-electron chi connectivity index (χ0n) is 22.2. The molecular formula is C28H43N3OS2. The number of rotatable bonds is 13. The van der Waals surface area contributed by atoms with Crippen molar-refractivity contribution in [2.75, 3.05) is 23.4 Å². The molecule has 0 unspecified atom stereocenters. The molecule has 1 aromatic heterocycles. The van der Waals surface area contributed by atoms with E-state index in [4.69, 9.17) is 4.98 Å². The van der Waals surface area contributed by atoms with Crippen molar-refractivity contribution in [2.24, 2.45) is 0 Å². The third-order valence-electron chi connectivity index (χ3n) is 5.90. The van der Waals surface area contributed by atoms with Crippen molar-refractivity contribution in [3.05, 3.63) is 46.1 Å². The van der Waals surface area contributed by atoms with Crippen molar-refractivity contribution in [2.45, 2.75) is 97.0 Å². The van der Waals surface area contributed by atoms with Gasteiger partial charge in [0.2, 0.25) is 0 Å². The predicted octanol–water partition coefficient (Wildman–Crippen LogP) is 8.54. The van der Waals surface area contributed by atoms with E-state index in [0.29, 0.717) is 6.54 Å². The number of thioether (sulfide) groups is 2. The van der Waals surface area contributed by atoms with Gasteiger partial charge in [0.25, 0.3) is 0 Å². The molecule has 34 heavy (non-hydrogen) atoms. The highest BCUT2D eigenvalue weighted by Gasteiger charge is 2.20. The number of carbonyl (C=O) groups excluding carboxylic acids is 1. The average Bonchev–Trinajstić information content (AvgIpc) is 2.77. The summed E-state index contributed by atoms with van der Waals surface area (Å²) in [5.41, 5.74) is 6.88. The molecule has 2 aromatic rings. The topological polar surface area (TPSA) is 45.2 Å². The summed E-state index contributed by atoms with van der Waals surface area (Å²) in [5, 5.41) is 4.20. The minimum atomic E-state index is -0.0311. The SMILES string of the molecule is CCCCCCCN(Cc1c(C)cc(C)cc1C)C(=O)Nc1c(SCC)cc(C)nc1SCC. The van der Waals surface area contributed by atoms with Crippen LogP contribution in [-0.2, 0) is 6.54 Å². The first-order valence-corrected chi connectivity index (χ1v) is 14.7. The first-order valence-electron chi connectivity index (χ1n) is 12.7. The number of anilines is 1. The number of nitrogens with zero attached hydrogens (tertiary/aromatic N) is 2. The largest absolute Gasteiger partial charge is 0.322 e. The summed E-state index contributed by atoms with van der Waals surface area (Å²) in [6.07, 6.45) is 5.89. The smallest absolute Gasteiger partial charge is 0.320 e. The molecule has 2 amide bonds. The van der Waals surface area contributed by atoms with Gasteiger partial charge < -0.3 is 10.2 Å². The lowest BCUT2D eigenvalue weighted by Gasteiger charge is -2.26. The van der Waals surface area contributed by atoms with Gasteiger partial charge in [0, 0.05) is 23.7 Å². The number of unbranched alkanes of at least 4 members (excludes halogenated alkanes) is 4. The molecule has 0 saturated heterocycles. The molecule has 188 valence electrons. The van der Waals surface area contributed by atoms with Crippen LogP contribution in [0.25, 0.3) is 0 Å². The first kappa shape index (κ1) is 28.6. The van der Waals surface area contributed by atoms with E-state index >= 15 is 0 Å². The van der Waals surface area contributed by atoms with Crippen LogP contribution in [0.15, 0.2) is 28.1 Å². The van der Waals surface area contributed by atoms with Gasteiger partial charge in [-0.1, -0.05) is 64.2 Å². The molecule has 0 saturated carbocycles. The van der Waals surface area contributed by atoms with Gasteiger partial charge in [-0.2, -0.15) is 0 Å².